The first-order valence-corrected chi connectivity index (χ1v) is 11.1. The second-order valence-corrected chi connectivity index (χ2v) is 9.24. The van der Waals surface area contributed by atoms with Crippen molar-refractivity contribution in [3.63, 3.8) is 0 Å². The smallest absolute Gasteiger partial charge is 0.352 e. The van der Waals surface area contributed by atoms with Gasteiger partial charge in [-0.25, -0.2) is 14.8 Å². The predicted molar refractivity (Wildman–Crippen MR) is 121 cm³/mol. The number of anilines is 2. The largest absolute Gasteiger partial charge is 0.457 e. The molecule has 4 heterocycles. The zero-order valence-corrected chi connectivity index (χ0v) is 18.9. The van der Waals surface area contributed by atoms with Crippen LogP contribution in [0.3, 0.4) is 0 Å². The summed E-state index contributed by atoms with van der Waals surface area (Å²) in [6, 6.07) is 7.39. The Kier molecular flexibility index (Phi) is 6.30. The highest BCUT2D eigenvalue weighted by Crippen LogP contribution is 2.26. The minimum Gasteiger partial charge on any atom is -0.457 e. The zero-order valence-electron chi connectivity index (χ0n) is 18.9. The van der Waals surface area contributed by atoms with Crippen molar-refractivity contribution in [1.29, 1.82) is 0 Å². The number of carbonyl (C=O) groups is 2. The standard InChI is InChI=1S/C24H30N4O4/c1-24(2,3)32-23(30)22(18-7-9-20(26-16-18)28-12-5-13-28)31-21(29)14-17-6-8-19(25-15-17)27-10-4-11-27/h6-9,15-16,22H,4-5,10-14H2,1-3H3. The van der Waals surface area contributed by atoms with Crippen molar-refractivity contribution < 1.29 is 19.1 Å². The Labute approximate surface area is 188 Å². The summed E-state index contributed by atoms with van der Waals surface area (Å²) in [5.41, 5.74) is 0.514. The quantitative estimate of drug-likeness (QED) is 0.610. The maximum Gasteiger partial charge on any atom is 0.352 e. The number of hydrogen-bond donors (Lipinski definition) is 0. The third-order valence-corrected chi connectivity index (χ3v) is 5.46. The van der Waals surface area contributed by atoms with Crippen LogP contribution in [0.4, 0.5) is 11.6 Å². The molecule has 4 rings (SSSR count). The van der Waals surface area contributed by atoms with Crippen molar-refractivity contribution >= 4 is 23.6 Å². The molecule has 0 aliphatic carbocycles. The van der Waals surface area contributed by atoms with Crippen LogP contribution in [-0.4, -0.2) is 53.7 Å². The van der Waals surface area contributed by atoms with Gasteiger partial charge in [0.1, 0.15) is 17.2 Å². The molecule has 2 aliphatic rings. The molecular weight excluding hydrogens is 408 g/mol. The SMILES string of the molecule is CC(C)(C)OC(=O)C(OC(=O)Cc1ccc(N2CCC2)nc1)c1ccc(N2CCC2)nc1. The maximum atomic E-state index is 12.8. The molecule has 0 amide bonds. The van der Waals surface area contributed by atoms with Crippen molar-refractivity contribution in [3.05, 3.63) is 47.8 Å². The van der Waals surface area contributed by atoms with Gasteiger partial charge in [-0.3, -0.25) is 4.79 Å². The Hall–Kier alpha value is -3.16. The van der Waals surface area contributed by atoms with Gasteiger partial charge < -0.3 is 19.3 Å². The van der Waals surface area contributed by atoms with Crippen molar-refractivity contribution in [2.75, 3.05) is 36.0 Å². The Balaban J connectivity index is 1.45. The van der Waals surface area contributed by atoms with Gasteiger partial charge in [-0.05, 0) is 57.4 Å². The number of esters is 2. The minimum absolute atomic E-state index is 0.0197. The van der Waals surface area contributed by atoms with E-state index < -0.39 is 23.6 Å². The Bertz CT molecular complexity index is 945. The van der Waals surface area contributed by atoms with Crippen LogP contribution in [0.25, 0.3) is 0 Å². The summed E-state index contributed by atoms with van der Waals surface area (Å²) in [5, 5.41) is 0. The first-order chi connectivity index (χ1) is 15.3. The highest BCUT2D eigenvalue weighted by molar-refractivity contribution is 5.82. The molecule has 32 heavy (non-hydrogen) atoms. The molecule has 2 aliphatic heterocycles. The molecule has 2 saturated heterocycles. The fourth-order valence-corrected chi connectivity index (χ4v) is 3.49. The van der Waals surface area contributed by atoms with Gasteiger partial charge in [0.15, 0.2) is 0 Å². The fraction of sp³-hybridized carbons (Fsp3) is 0.500. The van der Waals surface area contributed by atoms with E-state index in [4.69, 9.17) is 9.47 Å². The number of pyridine rings is 2. The van der Waals surface area contributed by atoms with E-state index in [2.05, 4.69) is 19.8 Å². The van der Waals surface area contributed by atoms with Gasteiger partial charge in [0.2, 0.25) is 6.10 Å². The molecule has 0 radical (unpaired) electrons. The molecule has 1 atom stereocenters. The average molecular weight is 439 g/mol. The number of rotatable bonds is 7. The van der Waals surface area contributed by atoms with Gasteiger partial charge in [-0.2, -0.15) is 0 Å². The summed E-state index contributed by atoms with van der Waals surface area (Å²) in [7, 11) is 0. The fourth-order valence-electron chi connectivity index (χ4n) is 3.49. The Morgan fingerprint density at radius 2 is 1.53 bits per heavy atom. The molecule has 0 aromatic carbocycles. The molecule has 0 spiro atoms. The van der Waals surface area contributed by atoms with Crippen molar-refractivity contribution in [3.8, 4) is 0 Å². The van der Waals surface area contributed by atoms with E-state index in [-0.39, 0.29) is 6.42 Å². The number of carbonyl (C=O) groups excluding carboxylic acids is 2. The second-order valence-electron chi connectivity index (χ2n) is 9.24. The Morgan fingerprint density at radius 1 is 0.938 bits per heavy atom. The zero-order chi connectivity index (χ0) is 22.7. The highest BCUT2D eigenvalue weighted by Gasteiger charge is 2.31. The summed E-state index contributed by atoms with van der Waals surface area (Å²) in [6.07, 6.45) is 4.43. The topological polar surface area (TPSA) is 84.9 Å². The first kappa shape index (κ1) is 22.0. The van der Waals surface area contributed by atoms with Crippen LogP contribution in [0.5, 0.6) is 0 Å². The molecule has 0 N–H and O–H groups in total. The minimum atomic E-state index is -1.17. The molecule has 8 nitrogen and oxygen atoms in total. The lowest BCUT2D eigenvalue weighted by molar-refractivity contribution is -0.176. The van der Waals surface area contributed by atoms with Crippen LogP contribution in [0.1, 0.15) is 50.8 Å². The summed E-state index contributed by atoms with van der Waals surface area (Å²) in [4.78, 5) is 38.7. The van der Waals surface area contributed by atoms with Gasteiger partial charge in [0, 0.05) is 44.1 Å². The van der Waals surface area contributed by atoms with Gasteiger partial charge in [0.25, 0.3) is 0 Å². The van der Waals surface area contributed by atoms with Crippen LogP contribution in [0, 0.1) is 0 Å². The summed E-state index contributed by atoms with van der Waals surface area (Å²) in [6.45, 7) is 9.30. The van der Waals surface area contributed by atoms with Crippen molar-refractivity contribution in [2.45, 2.75) is 51.7 Å². The van der Waals surface area contributed by atoms with E-state index in [0.717, 1.165) is 49.8 Å². The lowest BCUT2D eigenvalue weighted by atomic mass is 10.1. The molecule has 1 unspecified atom stereocenters. The molecule has 2 fully saturated rings. The summed E-state index contributed by atoms with van der Waals surface area (Å²) >= 11 is 0. The number of nitrogens with zero attached hydrogens (tertiary/aromatic N) is 4. The molecule has 2 aromatic rings. The van der Waals surface area contributed by atoms with Crippen LogP contribution in [-0.2, 0) is 25.5 Å². The first-order valence-electron chi connectivity index (χ1n) is 11.1. The average Bonchev–Trinajstić information content (AvgIpc) is 2.64. The van der Waals surface area contributed by atoms with E-state index in [1.54, 1.807) is 39.2 Å². The van der Waals surface area contributed by atoms with Gasteiger partial charge in [-0.15, -0.1) is 0 Å². The van der Waals surface area contributed by atoms with Crippen LogP contribution in [0.15, 0.2) is 36.7 Å². The monoisotopic (exact) mass is 438 g/mol. The van der Waals surface area contributed by atoms with Crippen molar-refractivity contribution in [1.82, 2.24) is 9.97 Å². The van der Waals surface area contributed by atoms with Gasteiger partial charge in [-0.1, -0.05) is 6.07 Å². The van der Waals surface area contributed by atoms with E-state index in [1.165, 1.54) is 6.42 Å². The van der Waals surface area contributed by atoms with Crippen molar-refractivity contribution in [2.24, 2.45) is 0 Å². The lowest BCUT2D eigenvalue weighted by Crippen LogP contribution is -2.37. The van der Waals surface area contributed by atoms with Gasteiger partial charge in [0.05, 0.1) is 6.42 Å². The molecule has 0 saturated carbocycles. The number of aromatic nitrogens is 2. The maximum absolute atomic E-state index is 12.8. The summed E-state index contributed by atoms with van der Waals surface area (Å²) < 4.78 is 11.1. The number of hydrogen-bond acceptors (Lipinski definition) is 8. The van der Waals surface area contributed by atoms with E-state index >= 15 is 0 Å². The third kappa shape index (κ3) is 5.36. The molecule has 0 bridgehead atoms. The van der Waals surface area contributed by atoms with Crippen LogP contribution in [0.2, 0.25) is 0 Å². The van der Waals surface area contributed by atoms with E-state index in [0.29, 0.717) is 5.56 Å². The van der Waals surface area contributed by atoms with Gasteiger partial charge >= 0.3 is 11.9 Å². The summed E-state index contributed by atoms with van der Waals surface area (Å²) in [5.74, 6) is 0.623. The van der Waals surface area contributed by atoms with E-state index in [1.807, 2.05) is 18.2 Å². The normalized spacial score (nSPS) is 16.6. The molecule has 2 aromatic heterocycles. The molecule has 170 valence electrons. The lowest BCUT2D eigenvalue weighted by Gasteiger charge is -2.32. The van der Waals surface area contributed by atoms with Crippen LogP contribution < -0.4 is 9.80 Å². The van der Waals surface area contributed by atoms with E-state index in [9.17, 15) is 9.59 Å². The predicted octanol–water partition coefficient (Wildman–Crippen LogP) is 3.07. The second kappa shape index (κ2) is 9.14. The van der Waals surface area contributed by atoms with Crippen LogP contribution >= 0.6 is 0 Å². The third-order valence-electron chi connectivity index (χ3n) is 5.46. The molecular formula is C24H30N4O4. The Morgan fingerprint density at radius 3 is 1.97 bits per heavy atom. The highest BCUT2D eigenvalue weighted by atomic mass is 16.6. The molecule has 8 heteroatoms. The number of ether oxygens (including phenoxy) is 2.